The van der Waals surface area contributed by atoms with Gasteiger partial charge in [0.2, 0.25) is 0 Å². The first-order valence-corrected chi connectivity index (χ1v) is 25.3. The molecule has 0 saturated carbocycles. The van der Waals surface area contributed by atoms with E-state index < -0.39 is 0 Å². The summed E-state index contributed by atoms with van der Waals surface area (Å²) in [4.78, 5) is 9.50. The maximum Gasteiger partial charge on any atom is 0.0461 e. The van der Waals surface area contributed by atoms with Crippen LogP contribution in [0.3, 0.4) is 0 Å². The Labute approximate surface area is 417 Å². The van der Waals surface area contributed by atoms with Crippen molar-refractivity contribution in [3.8, 4) is 0 Å². The summed E-state index contributed by atoms with van der Waals surface area (Å²) >= 11 is 0. The molecule has 0 aliphatic carbocycles. The molecule has 0 spiro atoms. The van der Waals surface area contributed by atoms with Crippen LogP contribution in [-0.2, 0) is 12.8 Å². The minimum atomic E-state index is 0.168. The van der Waals surface area contributed by atoms with Crippen LogP contribution in [0, 0.1) is 0 Å². The third-order valence-electron chi connectivity index (χ3n) is 13.9. The predicted molar refractivity (Wildman–Crippen MR) is 300 cm³/mol. The summed E-state index contributed by atoms with van der Waals surface area (Å²) in [5.41, 5.74) is 17.3. The van der Waals surface area contributed by atoms with Crippen LogP contribution in [-0.4, -0.2) is 26.2 Å². The second-order valence-electron chi connectivity index (χ2n) is 18.1. The highest BCUT2D eigenvalue weighted by molar-refractivity contribution is 5.77. The van der Waals surface area contributed by atoms with E-state index in [9.17, 15) is 0 Å². The lowest BCUT2D eigenvalue weighted by molar-refractivity contribution is 0.787. The number of para-hydroxylation sites is 4. The van der Waals surface area contributed by atoms with Gasteiger partial charge in [0, 0.05) is 83.5 Å². The number of hydrogen-bond donors (Lipinski definition) is 0. The van der Waals surface area contributed by atoms with Gasteiger partial charge in [-0.1, -0.05) is 146 Å². The Hall–Kier alpha value is -7.82. The molecule has 0 amide bonds. The quantitative estimate of drug-likeness (QED) is 0.0755. The third kappa shape index (κ3) is 11.0. The molecule has 0 heterocycles. The molecule has 0 radical (unpaired) electrons. The van der Waals surface area contributed by atoms with E-state index in [4.69, 9.17) is 0 Å². The van der Waals surface area contributed by atoms with Crippen molar-refractivity contribution in [3.05, 3.63) is 276 Å². The molecule has 0 aromatic heterocycles. The summed E-state index contributed by atoms with van der Waals surface area (Å²) in [5.74, 6) is 0.336. The molecule has 0 aliphatic heterocycles. The number of rotatable bonds is 20. The minimum absolute atomic E-state index is 0.168. The first-order chi connectivity index (χ1) is 34.5. The van der Waals surface area contributed by atoms with Gasteiger partial charge in [0.05, 0.1) is 0 Å². The molecule has 9 aromatic rings. The lowest BCUT2D eigenvalue weighted by atomic mass is 9.82. The molecule has 9 aromatic carbocycles. The van der Waals surface area contributed by atoms with Gasteiger partial charge >= 0.3 is 0 Å². The summed E-state index contributed by atoms with van der Waals surface area (Å²) in [7, 11) is 0. The molecule has 350 valence electrons. The van der Waals surface area contributed by atoms with Gasteiger partial charge in [0.15, 0.2) is 0 Å². The zero-order valence-electron chi connectivity index (χ0n) is 41.3. The lowest BCUT2D eigenvalue weighted by Crippen LogP contribution is -2.21. The van der Waals surface area contributed by atoms with Gasteiger partial charge in [0.1, 0.15) is 0 Å². The Morgan fingerprint density at radius 2 is 0.457 bits per heavy atom. The van der Waals surface area contributed by atoms with Gasteiger partial charge in [-0.3, -0.25) is 0 Å². The van der Waals surface area contributed by atoms with Crippen LogP contribution in [0.15, 0.2) is 243 Å². The van der Waals surface area contributed by atoms with Gasteiger partial charge in [-0.05, 0) is 171 Å². The normalized spacial score (nSPS) is 11.9. The monoisotopic (exact) mass is 915 g/mol. The van der Waals surface area contributed by atoms with Crippen molar-refractivity contribution in [1.82, 2.24) is 0 Å². The van der Waals surface area contributed by atoms with Gasteiger partial charge < -0.3 is 19.6 Å². The molecular formula is C66H66N4. The van der Waals surface area contributed by atoms with Crippen molar-refractivity contribution in [2.24, 2.45) is 0 Å². The van der Waals surface area contributed by atoms with Gasteiger partial charge in [0.25, 0.3) is 0 Å². The average molecular weight is 915 g/mol. The minimum Gasteiger partial charge on any atom is -0.372 e. The van der Waals surface area contributed by atoms with E-state index in [2.05, 4.69) is 290 Å². The smallest absolute Gasteiger partial charge is 0.0461 e. The lowest BCUT2D eigenvalue weighted by Gasteiger charge is -2.26. The molecule has 0 fully saturated rings. The first kappa shape index (κ1) is 47.3. The number of benzene rings is 9. The Morgan fingerprint density at radius 3 is 0.700 bits per heavy atom. The molecule has 4 heteroatoms. The fourth-order valence-electron chi connectivity index (χ4n) is 10.1. The van der Waals surface area contributed by atoms with E-state index in [1.165, 1.54) is 44.8 Å². The Bertz CT molecular complexity index is 2650. The summed E-state index contributed by atoms with van der Waals surface area (Å²) in [5, 5.41) is 0. The topological polar surface area (TPSA) is 13.0 Å². The average Bonchev–Trinajstić information content (AvgIpc) is 3.43. The molecule has 0 bridgehead atoms. The molecule has 9 rings (SSSR count). The van der Waals surface area contributed by atoms with Crippen molar-refractivity contribution in [2.45, 2.75) is 52.4 Å². The van der Waals surface area contributed by atoms with Crippen molar-refractivity contribution >= 4 is 45.5 Å². The summed E-state index contributed by atoms with van der Waals surface area (Å²) in [6.07, 6.45) is 1.76. The second-order valence-corrected chi connectivity index (χ2v) is 18.1. The second kappa shape index (κ2) is 23.0. The molecule has 4 nitrogen and oxygen atoms in total. The zero-order valence-corrected chi connectivity index (χ0v) is 41.3. The van der Waals surface area contributed by atoms with E-state index in [1.807, 2.05) is 0 Å². The maximum absolute atomic E-state index is 2.42. The van der Waals surface area contributed by atoms with Crippen molar-refractivity contribution in [2.75, 3.05) is 45.8 Å². The Kier molecular flexibility index (Phi) is 15.5. The Morgan fingerprint density at radius 1 is 0.243 bits per heavy atom. The highest BCUT2D eigenvalue weighted by Gasteiger charge is 2.21. The van der Waals surface area contributed by atoms with Crippen LogP contribution in [0.1, 0.15) is 72.9 Å². The van der Waals surface area contributed by atoms with Gasteiger partial charge in [-0.25, -0.2) is 0 Å². The molecule has 0 N–H and O–H groups in total. The number of hydrogen-bond acceptors (Lipinski definition) is 4. The standard InChI is InChI=1S/C66H66N4/c1-5-67(6-2)57-45-37-55(38-46-57)65(49-51-29-41-63(42-30-51)69(59-21-13-9-14-22-59)60-23-15-10-16-24-60)53-33-35-54(36-34-53)66(56-39-47-58(48-40-56)68(7-3)8-4)50-52-31-43-64(44-32-52)70(61-25-17-11-18-26-61)62-27-19-12-20-28-62/h9-48,65-66H,5-8,49-50H2,1-4H3. The van der Waals surface area contributed by atoms with Crippen LogP contribution >= 0.6 is 0 Å². The van der Waals surface area contributed by atoms with E-state index in [0.717, 1.165) is 73.1 Å². The SMILES string of the molecule is CCN(CC)c1ccc(C(Cc2ccc(N(c3ccccc3)c3ccccc3)cc2)c2ccc(C(Cc3ccc(N(c4ccccc4)c4ccccc4)cc3)c3ccc(N(CC)CC)cc3)cc2)cc1. The molecule has 70 heavy (non-hydrogen) atoms. The molecular weight excluding hydrogens is 849 g/mol. The van der Waals surface area contributed by atoms with Crippen LogP contribution < -0.4 is 19.6 Å². The first-order valence-electron chi connectivity index (χ1n) is 25.3. The van der Waals surface area contributed by atoms with Crippen LogP contribution in [0.5, 0.6) is 0 Å². The van der Waals surface area contributed by atoms with E-state index in [0.29, 0.717) is 0 Å². The highest BCUT2D eigenvalue weighted by Crippen LogP contribution is 2.39. The van der Waals surface area contributed by atoms with Crippen molar-refractivity contribution in [1.29, 1.82) is 0 Å². The third-order valence-corrected chi connectivity index (χ3v) is 13.9. The van der Waals surface area contributed by atoms with E-state index in [-0.39, 0.29) is 11.8 Å². The number of nitrogens with zero attached hydrogens (tertiary/aromatic N) is 4. The van der Waals surface area contributed by atoms with Crippen LogP contribution in [0.2, 0.25) is 0 Å². The number of anilines is 8. The van der Waals surface area contributed by atoms with E-state index >= 15 is 0 Å². The van der Waals surface area contributed by atoms with Crippen molar-refractivity contribution < 1.29 is 0 Å². The van der Waals surface area contributed by atoms with Crippen LogP contribution in [0.25, 0.3) is 0 Å². The van der Waals surface area contributed by atoms with E-state index in [1.54, 1.807) is 0 Å². The molecule has 2 atom stereocenters. The highest BCUT2D eigenvalue weighted by atomic mass is 15.1. The molecule has 0 saturated heterocycles. The summed E-state index contributed by atoms with van der Waals surface area (Å²) in [6.45, 7) is 12.9. The molecule has 2 unspecified atom stereocenters. The molecule has 0 aliphatic rings. The zero-order chi connectivity index (χ0) is 48.1. The van der Waals surface area contributed by atoms with Gasteiger partial charge in [-0.15, -0.1) is 0 Å². The fraction of sp³-hybridized carbons (Fsp3) is 0.182. The predicted octanol–water partition coefficient (Wildman–Crippen LogP) is 17.1. The van der Waals surface area contributed by atoms with Gasteiger partial charge in [-0.2, -0.15) is 0 Å². The van der Waals surface area contributed by atoms with Crippen molar-refractivity contribution in [3.63, 3.8) is 0 Å². The summed E-state index contributed by atoms with van der Waals surface area (Å²) in [6, 6.07) is 89.3. The summed E-state index contributed by atoms with van der Waals surface area (Å²) < 4.78 is 0. The fourth-order valence-corrected chi connectivity index (χ4v) is 10.1. The maximum atomic E-state index is 2.42. The Balaban J connectivity index is 1.04. The largest absolute Gasteiger partial charge is 0.372 e. The van der Waals surface area contributed by atoms with Crippen LogP contribution in [0.4, 0.5) is 45.5 Å².